The fraction of sp³-hybridized carbons (Fsp3) is 1.00. The molecule has 0 bridgehead atoms. The van der Waals surface area contributed by atoms with Gasteiger partial charge in [-0.3, -0.25) is 0 Å². The summed E-state index contributed by atoms with van der Waals surface area (Å²) >= 11 is 0. The van der Waals surface area contributed by atoms with Gasteiger partial charge in [0, 0.05) is 12.0 Å². The summed E-state index contributed by atoms with van der Waals surface area (Å²) in [5.74, 6) is 0.318. The normalized spacial score (nSPS) is 22.8. The van der Waals surface area contributed by atoms with Crippen molar-refractivity contribution in [2.45, 2.75) is 32.9 Å². The van der Waals surface area contributed by atoms with Crippen LogP contribution in [0.25, 0.3) is 0 Å². The molecule has 1 rings (SSSR count). The molecule has 2 heteroatoms. The Morgan fingerprint density at radius 2 is 2.10 bits per heavy atom. The van der Waals surface area contributed by atoms with Gasteiger partial charge >= 0.3 is 0 Å². The molecule has 60 valence electrons. The van der Waals surface area contributed by atoms with E-state index >= 15 is 0 Å². The minimum Gasteiger partial charge on any atom is -0.330 e. The van der Waals surface area contributed by atoms with Crippen LogP contribution in [0.1, 0.15) is 26.7 Å². The third-order valence-electron chi connectivity index (χ3n) is 2.31. The van der Waals surface area contributed by atoms with Gasteiger partial charge in [-0.2, -0.15) is 0 Å². The second kappa shape index (κ2) is 2.50. The summed E-state index contributed by atoms with van der Waals surface area (Å²) in [5.41, 5.74) is 5.13. The minimum atomic E-state index is -0.683. The van der Waals surface area contributed by atoms with Crippen LogP contribution in [-0.4, -0.2) is 12.7 Å². The standard InChI is InChI=1S/C8H16FN/c1-8(2,5-10)7(9)6-3-4-6/h6-7H,3-5,10H2,1-2H3. The SMILES string of the molecule is CC(C)(CN)C(F)C1CC1. The molecule has 0 aromatic heterocycles. The highest BCUT2D eigenvalue weighted by Gasteiger charge is 2.40. The zero-order chi connectivity index (χ0) is 7.78. The summed E-state index contributed by atoms with van der Waals surface area (Å²) in [6.07, 6.45) is 1.44. The van der Waals surface area contributed by atoms with E-state index in [0.29, 0.717) is 12.5 Å². The molecule has 0 aromatic rings. The zero-order valence-corrected chi connectivity index (χ0v) is 6.73. The fourth-order valence-electron chi connectivity index (χ4n) is 1.14. The Kier molecular flexibility index (Phi) is 1.99. The van der Waals surface area contributed by atoms with Crippen LogP contribution in [0.5, 0.6) is 0 Å². The highest BCUT2D eigenvalue weighted by atomic mass is 19.1. The van der Waals surface area contributed by atoms with Crippen molar-refractivity contribution >= 4 is 0 Å². The van der Waals surface area contributed by atoms with Crippen molar-refractivity contribution in [3.63, 3.8) is 0 Å². The van der Waals surface area contributed by atoms with Crippen LogP contribution in [0.4, 0.5) is 4.39 Å². The molecule has 2 N–H and O–H groups in total. The largest absolute Gasteiger partial charge is 0.330 e. The number of rotatable bonds is 3. The molecule has 0 radical (unpaired) electrons. The van der Waals surface area contributed by atoms with Crippen LogP contribution < -0.4 is 5.73 Å². The smallest absolute Gasteiger partial charge is 0.109 e. The lowest BCUT2D eigenvalue weighted by atomic mass is 9.85. The van der Waals surface area contributed by atoms with Gasteiger partial charge in [0.1, 0.15) is 6.17 Å². The fourth-order valence-corrected chi connectivity index (χ4v) is 1.14. The van der Waals surface area contributed by atoms with Crippen LogP contribution in [0.2, 0.25) is 0 Å². The summed E-state index contributed by atoms with van der Waals surface area (Å²) < 4.78 is 13.3. The number of alkyl halides is 1. The first-order valence-corrected chi connectivity index (χ1v) is 3.92. The third kappa shape index (κ3) is 1.48. The lowest BCUT2D eigenvalue weighted by Gasteiger charge is -2.26. The summed E-state index contributed by atoms with van der Waals surface area (Å²) in [4.78, 5) is 0. The Labute approximate surface area is 61.8 Å². The lowest BCUT2D eigenvalue weighted by Crippen LogP contribution is -2.34. The van der Waals surface area contributed by atoms with Gasteiger partial charge in [-0.1, -0.05) is 13.8 Å². The van der Waals surface area contributed by atoms with Crippen molar-refractivity contribution in [2.24, 2.45) is 17.1 Å². The molecule has 1 nitrogen and oxygen atoms in total. The quantitative estimate of drug-likeness (QED) is 0.643. The van der Waals surface area contributed by atoms with Gasteiger partial charge in [-0.15, -0.1) is 0 Å². The van der Waals surface area contributed by atoms with Crippen LogP contribution in [-0.2, 0) is 0 Å². The molecule has 0 aromatic carbocycles. The minimum absolute atomic E-state index is 0.304. The van der Waals surface area contributed by atoms with Gasteiger partial charge in [0.25, 0.3) is 0 Å². The molecule has 0 heterocycles. The van der Waals surface area contributed by atoms with E-state index in [2.05, 4.69) is 0 Å². The maximum Gasteiger partial charge on any atom is 0.109 e. The first kappa shape index (κ1) is 7.99. The summed E-state index contributed by atoms with van der Waals surface area (Å²) in [6.45, 7) is 4.25. The third-order valence-corrected chi connectivity index (χ3v) is 2.31. The lowest BCUT2D eigenvalue weighted by molar-refractivity contribution is 0.129. The van der Waals surface area contributed by atoms with E-state index in [9.17, 15) is 4.39 Å². The molecule has 1 fully saturated rings. The average molecular weight is 145 g/mol. The Morgan fingerprint density at radius 3 is 2.40 bits per heavy atom. The first-order valence-electron chi connectivity index (χ1n) is 3.92. The van der Waals surface area contributed by atoms with Crippen LogP contribution in [0.15, 0.2) is 0 Å². The van der Waals surface area contributed by atoms with E-state index in [0.717, 1.165) is 12.8 Å². The second-order valence-electron chi connectivity index (χ2n) is 3.93. The van der Waals surface area contributed by atoms with Crippen LogP contribution in [0.3, 0.4) is 0 Å². The zero-order valence-electron chi connectivity index (χ0n) is 6.73. The second-order valence-corrected chi connectivity index (χ2v) is 3.93. The van der Waals surface area contributed by atoms with E-state index in [1.54, 1.807) is 0 Å². The van der Waals surface area contributed by atoms with Crippen molar-refractivity contribution in [3.8, 4) is 0 Å². The van der Waals surface area contributed by atoms with Gasteiger partial charge in [0.15, 0.2) is 0 Å². The summed E-state index contributed by atoms with van der Waals surface area (Å²) in [5, 5.41) is 0. The van der Waals surface area contributed by atoms with Gasteiger partial charge < -0.3 is 5.73 Å². The maximum absolute atomic E-state index is 13.3. The van der Waals surface area contributed by atoms with Gasteiger partial charge in [-0.05, 0) is 18.8 Å². The van der Waals surface area contributed by atoms with Crippen molar-refractivity contribution < 1.29 is 4.39 Å². The van der Waals surface area contributed by atoms with Crippen LogP contribution >= 0.6 is 0 Å². The molecule has 0 spiro atoms. The monoisotopic (exact) mass is 145 g/mol. The van der Waals surface area contributed by atoms with E-state index < -0.39 is 6.17 Å². The Bertz CT molecular complexity index is 118. The number of hydrogen-bond acceptors (Lipinski definition) is 1. The topological polar surface area (TPSA) is 26.0 Å². The molecule has 0 aliphatic heterocycles. The van der Waals surface area contributed by atoms with E-state index in [4.69, 9.17) is 5.73 Å². The highest BCUT2D eigenvalue weighted by molar-refractivity contribution is 4.90. The summed E-state index contributed by atoms with van der Waals surface area (Å²) in [6, 6.07) is 0. The Hall–Kier alpha value is -0.110. The first-order chi connectivity index (χ1) is 4.58. The van der Waals surface area contributed by atoms with E-state index in [-0.39, 0.29) is 5.41 Å². The van der Waals surface area contributed by atoms with Crippen LogP contribution in [0, 0.1) is 11.3 Å². The predicted molar refractivity (Wildman–Crippen MR) is 40.5 cm³/mol. The average Bonchev–Trinajstić information content (AvgIpc) is 2.68. The van der Waals surface area contributed by atoms with Crippen molar-refractivity contribution in [2.75, 3.05) is 6.54 Å². The number of nitrogens with two attached hydrogens (primary N) is 1. The van der Waals surface area contributed by atoms with E-state index in [1.165, 1.54) is 0 Å². The van der Waals surface area contributed by atoms with E-state index in [1.807, 2.05) is 13.8 Å². The van der Waals surface area contributed by atoms with Crippen molar-refractivity contribution in [1.82, 2.24) is 0 Å². The van der Waals surface area contributed by atoms with Crippen molar-refractivity contribution in [1.29, 1.82) is 0 Å². The Balaban J connectivity index is 2.43. The molecule has 0 saturated heterocycles. The van der Waals surface area contributed by atoms with Gasteiger partial charge in [0.2, 0.25) is 0 Å². The molecule has 0 amide bonds. The molecule has 1 aliphatic carbocycles. The molecular weight excluding hydrogens is 129 g/mol. The molecule has 1 atom stereocenters. The number of halogens is 1. The highest BCUT2D eigenvalue weighted by Crippen LogP contribution is 2.42. The molecule has 1 unspecified atom stereocenters. The van der Waals surface area contributed by atoms with Gasteiger partial charge in [0.05, 0.1) is 0 Å². The predicted octanol–water partition coefficient (Wildman–Crippen LogP) is 1.72. The van der Waals surface area contributed by atoms with Crippen molar-refractivity contribution in [3.05, 3.63) is 0 Å². The number of hydrogen-bond donors (Lipinski definition) is 1. The molecular formula is C8H16FN. The molecule has 10 heavy (non-hydrogen) atoms. The Morgan fingerprint density at radius 1 is 1.60 bits per heavy atom. The molecule has 1 saturated carbocycles. The molecule has 1 aliphatic rings. The maximum atomic E-state index is 13.3. The van der Waals surface area contributed by atoms with Gasteiger partial charge in [-0.25, -0.2) is 4.39 Å². The summed E-state index contributed by atoms with van der Waals surface area (Å²) in [7, 11) is 0.